The molecule has 7 N–H and O–H groups in total. The summed E-state index contributed by atoms with van der Waals surface area (Å²) in [4.78, 5) is 185. The van der Waals surface area contributed by atoms with Crippen LogP contribution in [0.15, 0.2) is 12.2 Å². The molecular formula is C68H122N12O14S. The van der Waals surface area contributed by atoms with Crippen LogP contribution in [-0.4, -0.2) is 257 Å². The highest BCUT2D eigenvalue weighted by Gasteiger charge is 2.47. The lowest BCUT2D eigenvalue weighted by Gasteiger charge is -2.42. The topological polar surface area (TPSA) is 331 Å². The average Bonchev–Trinajstić information content (AvgIpc) is 0.808. The third kappa shape index (κ3) is 24.6. The van der Waals surface area contributed by atoms with E-state index in [4.69, 9.17) is 10.5 Å². The Morgan fingerprint density at radius 1 is 0.474 bits per heavy atom. The van der Waals surface area contributed by atoms with Crippen LogP contribution in [-0.2, 0) is 62.3 Å². The first-order chi connectivity index (χ1) is 43.9. The molecule has 11 amide bonds. The molecule has 27 heteroatoms. The molecule has 0 aromatic rings. The van der Waals surface area contributed by atoms with Gasteiger partial charge in [0.1, 0.15) is 72.5 Å². The summed E-state index contributed by atoms with van der Waals surface area (Å²) in [5.74, 6) is -12.3. The van der Waals surface area contributed by atoms with Crippen LogP contribution in [0.25, 0.3) is 0 Å². The first kappa shape index (κ1) is 86.7. The van der Waals surface area contributed by atoms with Crippen LogP contribution in [0, 0.1) is 47.3 Å². The molecule has 1 saturated heterocycles. The number of amides is 11. The molecule has 0 aromatic carbocycles. The van der Waals surface area contributed by atoms with Crippen molar-refractivity contribution in [2.24, 2.45) is 53.1 Å². The van der Waals surface area contributed by atoms with Crippen LogP contribution < -0.4 is 27.0 Å². The molecule has 0 aliphatic carbocycles. The van der Waals surface area contributed by atoms with E-state index in [0.717, 1.165) is 21.6 Å². The second-order valence-electron chi connectivity index (χ2n) is 28.7. The molecule has 26 nitrogen and oxygen atoms in total. The summed E-state index contributed by atoms with van der Waals surface area (Å²) in [6.07, 6.45) is 2.69. The number of aliphatic hydroxyl groups excluding tert-OH is 1. The molecular weight excluding hydrogens is 1240 g/mol. The fraction of sp³-hybridized carbons (Fsp3) is 0.794. The minimum atomic E-state index is -1.70. The number of carbonyl (C=O) groups is 12. The predicted octanol–water partition coefficient (Wildman–Crippen LogP) is 3.12. The summed E-state index contributed by atoms with van der Waals surface area (Å²) in [5, 5.41) is 23.4. The summed E-state index contributed by atoms with van der Waals surface area (Å²) in [7, 11) is 11.0. The zero-order chi connectivity index (χ0) is 73.7. The summed E-state index contributed by atoms with van der Waals surface area (Å²) < 4.78 is 4.85. The first-order valence-electron chi connectivity index (χ1n) is 33.6. The molecule has 14 atom stereocenters. The van der Waals surface area contributed by atoms with Crippen molar-refractivity contribution in [1.82, 2.24) is 55.6 Å². The highest BCUT2D eigenvalue weighted by atomic mass is 32.2. The number of ether oxygens (including phenoxy) is 1. The van der Waals surface area contributed by atoms with Crippen molar-refractivity contribution in [1.29, 1.82) is 0 Å². The van der Waals surface area contributed by atoms with Gasteiger partial charge in [-0.2, -0.15) is 11.8 Å². The first-order valence-corrected chi connectivity index (χ1v) is 34.8. The van der Waals surface area contributed by atoms with Gasteiger partial charge in [0, 0.05) is 60.8 Å². The van der Waals surface area contributed by atoms with Gasteiger partial charge in [0.15, 0.2) is 0 Å². The maximum atomic E-state index is 15.4. The Labute approximate surface area is 571 Å². The lowest BCUT2D eigenvalue weighted by Crippen LogP contribution is -2.64. The quantitative estimate of drug-likeness (QED) is 0.0753. The number of nitrogens with two attached hydrogens (primary N) is 1. The number of hydrogen-bond acceptors (Lipinski definition) is 16. The van der Waals surface area contributed by atoms with E-state index < -0.39 is 173 Å². The third-order valence-corrected chi connectivity index (χ3v) is 18.8. The molecule has 0 spiro atoms. The molecule has 0 saturated carbocycles. The molecule has 95 heavy (non-hydrogen) atoms. The molecule has 1 unspecified atom stereocenters. The third-order valence-electron chi connectivity index (χ3n) is 17.7. The zero-order valence-corrected chi connectivity index (χ0v) is 62.9. The molecule has 0 aromatic heterocycles. The number of nitrogens with one attached hydrogen (secondary N) is 4. The fourth-order valence-corrected chi connectivity index (χ4v) is 12.8. The summed E-state index contributed by atoms with van der Waals surface area (Å²) in [6.45, 7) is 31.3. The molecule has 1 aliphatic rings. The molecule has 544 valence electrons. The van der Waals surface area contributed by atoms with E-state index in [1.807, 2.05) is 55.4 Å². The Morgan fingerprint density at radius 2 is 0.832 bits per heavy atom. The van der Waals surface area contributed by atoms with Crippen molar-refractivity contribution in [3.05, 3.63) is 12.2 Å². The van der Waals surface area contributed by atoms with Crippen LogP contribution in [0.4, 0.5) is 0 Å². The van der Waals surface area contributed by atoms with Crippen LogP contribution in [0.2, 0.25) is 0 Å². The number of hydrogen-bond donors (Lipinski definition) is 6. The lowest BCUT2D eigenvalue weighted by molar-refractivity contribution is -0.157. The van der Waals surface area contributed by atoms with Crippen LogP contribution in [0.3, 0.4) is 0 Å². The van der Waals surface area contributed by atoms with Gasteiger partial charge in [-0.3, -0.25) is 57.5 Å². The Balaban J connectivity index is 4.62. The summed E-state index contributed by atoms with van der Waals surface area (Å²) in [5.41, 5.74) is 6.16. The van der Waals surface area contributed by atoms with E-state index in [1.54, 1.807) is 67.5 Å². The second-order valence-corrected chi connectivity index (χ2v) is 29.8. The predicted molar refractivity (Wildman–Crippen MR) is 369 cm³/mol. The molecule has 1 aliphatic heterocycles. The van der Waals surface area contributed by atoms with E-state index in [9.17, 15) is 33.9 Å². The lowest BCUT2D eigenvalue weighted by atomic mass is 9.91. The van der Waals surface area contributed by atoms with E-state index in [2.05, 4.69) is 21.3 Å². The van der Waals surface area contributed by atoms with E-state index in [-0.39, 0.29) is 67.3 Å². The van der Waals surface area contributed by atoms with E-state index in [1.165, 1.54) is 94.8 Å². The smallest absolute Gasteiger partial charge is 0.323 e. The van der Waals surface area contributed by atoms with Crippen molar-refractivity contribution in [2.75, 3.05) is 67.9 Å². The molecule has 1 fully saturated rings. The van der Waals surface area contributed by atoms with Crippen molar-refractivity contribution in [3.8, 4) is 0 Å². The minimum Gasteiger partial charge on any atom is -0.468 e. The van der Waals surface area contributed by atoms with Crippen molar-refractivity contribution >= 4 is 82.7 Å². The van der Waals surface area contributed by atoms with E-state index in [0.29, 0.717) is 0 Å². The molecule has 1 heterocycles. The Bertz CT molecular complexity index is 2640. The minimum absolute atomic E-state index is 0.0629. The number of likely N-dealkylation sites (N-methyl/N-ethyl adjacent to an activating group) is 7. The van der Waals surface area contributed by atoms with Crippen LogP contribution in [0.1, 0.15) is 157 Å². The number of esters is 1. The van der Waals surface area contributed by atoms with Gasteiger partial charge in [-0.1, -0.05) is 116 Å². The Morgan fingerprint density at radius 3 is 1.25 bits per heavy atom. The van der Waals surface area contributed by atoms with Gasteiger partial charge in [0.25, 0.3) is 0 Å². The number of aliphatic hydroxyl groups is 1. The van der Waals surface area contributed by atoms with Crippen molar-refractivity contribution in [3.63, 3.8) is 0 Å². The number of rotatable bonds is 20. The van der Waals surface area contributed by atoms with Crippen molar-refractivity contribution < 1.29 is 67.4 Å². The van der Waals surface area contributed by atoms with Gasteiger partial charge in [-0.15, -0.1) is 0 Å². The van der Waals surface area contributed by atoms with Gasteiger partial charge >= 0.3 is 5.97 Å². The highest BCUT2D eigenvalue weighted by molar-refractivity contribution is 7.99. The van der Waals surface area contributed by atoms with Gasteiger partial charge < -0.3 is 71.1 Å². The van der Waals surface area contributed by atoms with Gasteiger partial charge in [0.2, 0.25) is 65.0 Å². The standard InChI is InChI=1S/C68H122N12O14S/c1-27-28-29-43(16)56(81)55-60(85)73-53(41(12)13)66(91)78(23)51(35-95-34-46(69)68(93)94-26)64(89)74(19)48(31-37(4)5)59(84)72-52(40(10)11)65(90)75(20)47(30-36(2)3)58(83)70-44(17)57(82)71-45(18)61(86)76(21)49(32-38(6)7)62(87)77(22)50(33-39(8)9)63(88)79(24)54(42(14)15)67(92)80(55)25/h27-28,36-56,81H,29-35,69H2,1-26H3,(H,70,83)(H,71,82)(H,72,84)(H,73,85)/b28-27+/t43-,44-,45+,46+,47?,48+,49-,50-,51-,52-,53-,54-,55-,56-/m1/s1. The SMILES string of the molecule is C/C=C/C[C@@H](C)[C@@H](O)[C@@H]1C(=O)N[C@H](C(C)C)C(=O)N(C)[C@H](CSC[C@H](N)C(=O)OC)C(=O)N(C)[C@@H](CC(C)C)C(=O)N[C@H](C(C)C)C(=O)N(C)C(CC(C)C)C(=O)N[C@H](C)C(=O)N[C@@H](C)C(=O)N(C)[C@H](CC(C)C)C(=O)N(C)[C@H](CC(C)C)C(=O)N(C)[C@H](C(C)C)C(=O)N1C. The van der Waals surface area contributed by atoms with Crippen LogP contribution >= 0.6 is 11.8 Å². The number of methoxy groups -OCH3 is 1. The number of carbonyl (C=O) groups excluding carboxylic acids is 12. The molecule has 0 bridgehead atoms. The molecule has 0 radical (unpaired) electrons. The normalized spacial score (nSPS) is 26.5. The van der Waals surface area contributed by atoms with Gasteiger partial charge in [-0.05, 0) is 100 Å². The van der Waals surface area contributed by atoms with Gasteiger partial charge in [-0.25, -0.2) is 0 Å². The fourth-order valence-electron chi connectivity index (χ4n) is 11.6. The average molecular weight is 1360 g/mol. The van der Waals surface area contributed by atoms with Gasteiger partial charge in [0.05, 0.1) is 13.2 Å². The monoisotopic (exact) mass is 1360 g/mol. The Hall–Kier alpha value is -6.35. The van der Waals surface area contributed by atoms with E-state index >= 15 is 28.8 Å². The summed E-state index contributed by atoms with van der Waals surface area (Å²) in [6, 6.07) is -15.6. The Kier molecular flexibility index (Phi) is 36.3. The zero-order valence-electron chi connectivity index (χ0n) is 62.1. The number of allylic oxidation sites excluding steroid dienone is 2. The second kappa shape index (κ2) is 39.8. The van der Waals surface area contributed by atoms with Crippen molar-refractivity contribution in [2.45, 2.75) is 235 Å². The largest absolute Gasteiger partial charge is 0.468 e. The maximum absolute atomic E-state index is 15.4. The summed E-state index contributed by atoms with van der Waals surface area (Å²) >= 11 is 1.05. The molecule has 1 rings (SSSR count). The number of nitrogens with zero attached hydrogens (tertiary/aromatic N) is 7. The number of thioether (sulfide) groups is 1. The highest BCUT2D eigenvalue weighted by Crippen LogP contribution is 2.27. The maximum Gasteiger partial charge on any atom is 0.323 e. The van der Waals surface area contributed by atoms with Crippen LogP contribution in [0.5, 0.6) is 0 Å².